The number of carbonyl (C=O) groups excluding carboxylic acids is 2. The van der Waals surface area contributed by atoms with Gasteiger partial charge in [-0.15, -0.1) is 0 Å². The average Bonchev–Trinajstić information content (AvgIpc) is 3.54. The summed E-state index contributed by atoms with van der Waals surface area (Å²) in [7, 11) is 0.767. The molecule has 10 nitrogen and oxygen atoms in total. The number of methoxy groups -OCH3 is 1. The highest BCUT2D eigenvalue weighted by Gasteiger charge is 2.52. The molecular formula is C25H36BN5O5. The molecule has 0 aliphatic carbocycles. The highest BCUT2D eigenvalue weighted by molar-refractivity contribution is 6.61. The van der Waals surface area contributed by atoms with Crippen molar-refractivity contribution in [3.8, 4) is 11.3 Å². The molecule has 0 aromatic carbocycles. The smallest absolute Gasteiger partial charge is 0.453 e. The lowest BCUT2D eigenvalue weighted by Crippen LogP contribution is -2.51. The van der Waals surface area contributed by atoms with Crippen LogP contribution in [0, 0.1) is 5.92 Å². The Balaban J connectivity index is 1.48. The summed E-state index contributed by atoms with van der Waals surface area (Å²) in [5, 5.41) is 2.67. The molecule has 0 unspecified atom stereocenters. The number of likely N-dealkylation sites (tertiary alicyclic amines) is 1. The third-order valence-electron chi connectivity index (χ3n) is 7.43. The molecule has 0 saturated carbocycles. The Labute approximate surface area is 212 Å². The van der Waals surface area contributed by atoms with Gasteiger partial charge in [0.2, 0.25) is 5.91 Å². The molecule has 11 heteroatoms. The molecule has 2 aromatic heterocycles. The highest BCUT2D eigenvalue weighted by atomic mass is 16.7. The number of alkyl carbamates (subject to hydrolysis) is 1. The third-order valence-corrected chi connectivity index (χ3v) is 7.43. The zero-order valence-electron chi connectivity index (χ0n) is 22.1. The van der Waals surface area contributed by atoms with Gasteiger partial charge in [-0.2, -0.15) is 0 Å². The molecule has 4 heterocycles. The number of hydrogen-bond donors (Lipinski definition) is 2. The molecule has 4 rings (SSSR count). The lowest BCUT2D eigenvalue weighted by atomic mass is 9.84. The lowest BCUT2D eigenvalue weighted by Gasteiger charge is -2.32. The van der Waals surface area contributed by atoms with E-state index in [0.717, 1.165) is 24.1 Å². The summed E-state index contributed by atoms with van der Waals surface area (Å²) in [6.07, 6.45) is 4.56. The number of aromatic amines is 1. The topological polar surface area (TPSA) is 119 Å². The Morgan fingerprint density at radius 3 is 2.44 bits per heavy atom. The molecule has 2 aliphatic rings. The van der Waals surface area contributed by atoms with E-state index in [-0.39, 0.29) is 17.9 Å². The van der Waals surface area contributed by atoms with Crippen molar-refractivity contribution >= 4 is 24.7 Å². The first-order valence-corrected chi connectivity index (χ1v) is 12.5. The average molecular weight is 497 g/mol. The fraction of sp³-hybridized carbons (Fsp3) is 0.600. The van der Waals surface area contributed by atoms with Crippen molar-refractivity contribution in [2.45, 2.75) is 77.7 Å². The number of amides is 2. The third kappa shape index (κ3) is 4.99. The van der Waals surface area contributed by atoms with E-state index >= 15 is 0 Å². The number of carbonyl (C=O) groups is 2. The van der Waals surface area contributed by atoms with E-state index in [1.54, 1.807) is 17.3 Å². The summed E-state index contributed by atoms with van der Waals surface area (Å²) in [6, 6.07) is 3.00. The first kappa shape index (κ1) is 26.2. The Morgan fingerprint density at radius 2 is 1.86 bits per heavy atom. The van der Waals surface area contributed by atoms with Gasteiger partial charge in [0.1, 0.15) is 11.9 Å². The van der Waals surface area contributed by atoms with Crippen LogP contribution in [0.2, 0.25) is 0 Å². The van der Waals surface area contributed by atoms with Gasteiger partial charge in [0.15, 0.2) is 0 Å². The van der Waals surface area contributed by atoms with E-state index in [2.05, 4.69) is 20.3 Å². The van der Waals surface area contributed by atoms with E-state index in [1.807, 2.05) is 53.7 Å². The second-order valence-corrected chi connectivity index (χ2v) is 10.8. The molecule has 2 aliphatic heterocycles. The number of imidazole rings is 1. The fourth-order valence-electron chi connectivity index (χ4n) is 4.51. The van der Waals surface area contributed by atoms with Crippen LogP contribution >= 0.6 is 0 Å². The summed E-state index contributed by atoms with van der Waals surface area (Å²) in [5.41, 5.74) is 1.54. The quantitative estimate of drug-likeness (QED) is 0.590. The minimum atomic E-state index is -0.667. The van der Waals surface area contributed by atoms with Crippen LogP contribution in [0.15, 0.2) is 24.5 Å². The molecule has 0 radical (unpaired) electrons. The van der Waals surface area contributed by atoms with Crippen LogP contribution in [0.4, 0.5) is 4.79 Å². The molecular weight excluding hydrogens is 461 g/mol. The van der Waals surface area contributed by atoms with Gasteiger partial charge in [0.05, 0.1) is 41.8 Å². The first-order valence-electron chi connectivity index (χ1n) is 12.5. The van der Waals surface area contributed by atoms with Crippen molar-refractivity contribution in [1.82, 2.24) is 25.2 Å². The van der Waals surface area contributed by atoms with Crippen LogP contribution in [0.25, 0.3) is 11.3 Å². The number of aromatic nitrogens is 3. The van der Waals surface area contributed by atoms with Crippen molar-refractivity contribution < 1.29 is 23.6 Å². The van der Waals surface area contributed by atoms with E-state index in [0.29, 0.717) is 18.0 Å². The van der Waals surface area contributed by atoms with Gasteiger partial charge in [-0.1, -0.05) is 19.9 Å². The molecule has 194 valence electrons. The van der Waals surface area contributed by atoms with E-state index in [1.165, 1.54) is 7.11 Å². The summed E-state index contributed by atoms with van der Waals surface area (Å²) < 4.78 is 16.9. The van der Waals surface area contributed by atoms with Crippen molar-refractivity contribution in [3.63, 3.8) is 0 Å². The van der Waals surface area contributed by atoms with Crippen LogP contribution in [0.3, 0.4) is 0 Å². The SMILES string of the molecule is COC(=O)N[C@H](C(=O)N1CCC[C@H]1c1ncc(-c2ccc(B3OC(C)(C)C(C)(C)O3)nc2)[nH]1)C(C)C. The standard InChI is InChI=1S/C25H36BN5O5/c1-15(2)20(30-23(33)34-7)22(32)31-12-8-9-18(31)21-28-14-17(29-21)16-10-11-19(27-13-16)26-35-24(3,4)25(5,6)36-26/h10-11,13-15,18,20H,8-9,12H2,1-7H3,(H,28,29)(H,30,33)/t18-,20-/m0/s1. The van der Waals surface area contributed by atoms with Crippen molar-refractivity contribution in [2.75, 3.05) is 13.7 Å². The molecule has 2 N–H and O–H groups in total. The predicted molar refractivity (Wildman–Crippen MR) is 135 cm³/mol. The van der Waals surface area contributed by atoms with Crippen molar-refractivity contribution in [2.24, 2.45) is 5.92 Å². The van der Waals surface area contributed by atoms with Crippen LogP contribution in [0.5, 0.6) is 0 Å². The van der Waals surface area contributed by atoms with Gasteiger partial charge in [0, 0.05) is 18.3 Å². The van der Waals surface area contributed by atoms with E-state index < -0.39 is 30.5 Å². The maximum atomic E-state index is 13.3. The van der Waals surface area contributed by atoms with Gasteiger partial charge >= 0.3 is 13.2 Å². The Hall–Kier alpha value is -2.92. The number of nitrogens with zero attached hydrogens (tertiary/aromatic N) is 3. The van der Waals surface area contributed by atoms with Gasteiger partial charge in [-0.3, -0.25) is 9.78 Å². The molecule has 2 atom stereocenters. The van der Waals surface area contributed by atoms with Gasteiger partial charge in [-0.25, -0.2) is 9.78 Å². The van der Waals surface area contributed by atoms with Crippen molar-refractivity contribution in [3.05, 3.63) is 30.4 Å². The number of H-pyrrole nitrogens is 1. The second-order valence-electron chi connectivity index (χ2n) is 10.8. The number of pyridine rings is 1. The molecule has 0 bridgehead atoms. The van der Waals surface area contributed by atoms with Crippen LogP contribution in [-0.4, -0.2) is 69.9 Å². The van der Waals surface area contributed by atoms with Crippen LogP contribution in [-0.2, 0) is 18.8 Å². The van der Waals surface area contributed by atoms with Gasteiger partial charge in [-0.05, 0) is 52.5 Å². The fourth-order valence-corrected chi connectivity index (χ4v) is 4.51. The molecule has 2 aromatic rings. The number of rotatable bonds is 6. The van der Waals surface area contributed by atoms with Gasteiger partial charge in [0.25, 0.3) is 0 Å². The molecule has 36 heavy (non-hydrogen) atoms. The monoisotopic (exact) mass is 497 g/mol. The zero-order chi connectivity index (χ0) is 26.3. The molecule has 0 spiro atoms. The zero-order valence-corrected chi connectivity index (χ0v) is 22.1. The maximum absolute atomic E-state index is 13.3. The minimum absolute atomic E-state index is 0.0847. The highest BCUT2D eigenvalue weighted by Crippen LogP contribution is 2.36. The normalized spacial score (nSPS) is 21.6. The second kappa shape index (κ2) is 9.86. The van der Waals surface area contributed by atoms with Crippen molar-refractivity contribution in [1.29, 1.82) is 0 Å². The Kier molecular flexibility index (Phi) is 7.16. The Bertz CT molecular complexity index is 1080. The number of ether oxygens (including phenoxy) is 1. The predicted octanol–water partition coefficient (Wildman–Crippen LogP) is 2.82. The van der Waals surface area contributed by atoms with Crippen LogP contribution in [0.1, 0.15) is 66.3 Å². The number of hydrogen-bond acceptors (Lipinski definition) is 7. The van der Waals surface area contributed by atoms with E-state index in [4.69, 9.17) is 14.0 Å². The number of nitrogens with one attached hydrogen (secondary N) is 2. The molecule has 2 saturated heterocycles. The minimum Gasteiger partial charge on any atom is -0.453 e. The first-order chi connectivity index (χ1) is 16.9. The summed E-state index contributed by atoms with van der Waals surface area (Å²) in [5.74, 6) is 0.495. The summed E-state index contributed by atoms with van der Waals surface area (Å²) in [4.78, 5) is 39.5. The molecule has 2 fully saturated rings. The Morgan fingerprint density at radius 1 is 1.17 bits per heavy atom. The summed E-state index contributed by atoms with van der Waals surface area (Å²) >= 11 is 0. The van der Waals surface area contributed by atoms with E-state index in [9.17, 15) is 9.59 Å². The maximum Gasteiger partial charge on any atom is 0.514 e. The summed E-state index contributed by atoms with van der Waals surface area (Å²) in [6.45, 7) is 12.5. The lowest BCUT2D eigenvalue weighted by molar-refractivity contribution is -0.135. The largest absolute Gasteiger partial charge is 0.514 e. The molecule has 2 amide bonds. The van der Waals surface area contributed by atoms with Gasteiger partial charge < -0.3 is 29.2 Å². The van der Waals surface area contributed by atoms with Crippen LogP contribution < -0.4 is 10.9 Å².